The van der Waals surface area contributed by atoms with E-state index in [1.54, 1.807) is 6.20 Å². The first-order chi connectivity index (χ1) is 9.63. The Morgan fingerprint density at radius 2 is 2.25 bits per heavy atom. The first kappa shape index (κ1) is 15.1. The summed E-state index contributed by atoms with van der Waals surface area (Å²) in [5, 5.41) is 7.52. The maximum absolute atomic E-state index is 5.99. The third-order valence-electron chi connectivity index (χ3n) is 3.17. The largest absolute Gasteiger partial charge is 0.454 e. The summed E-state index contributed by atoms with van der Waals surface area (Å²) in [6, 6.07) is 6.30. The second-order valence-corrected chi connectivity index (χ2v) is 5.65. The fraction of sp³-hybridized carbons (Fsp3) is 0.400. The highest BCUT2D eigenvalue weighted by molar-refractivity contribution is 9.10. The van der Waals surface area contributed by atoms with E-state index in [2.05, 4.69) is 46.3 Å². The van der Waals surface area contributed by atoms with E-state index < -0.39 is 0 Å². The van der Waals surface area contributed by atoms with Crippen LogP contribution in [-0.2, 0) is 6.54 Å². The number of aryl methyl sites for hydroxylation is 1. The van der Waals surface area contributed by atoms with Crippen molar-refractivity contribution >= 4 is 15.9 Å². The Hall–Kier alpha value is -1.33. The van der Waals surface area contributed by atoms with Crippen LogP contribution in [0, 0.1) is 0 Å². The predicted molar refractivity (Wildman–Crippen MR) is 84.2 cm³/mol. The molecular formula is C15H20BrN3O. The Bertz CT molecular complexity index is 568. The molecule has 0 saturated carbocycles. The van der Waals surface area contributed by atoms with Gasteiger partial charge in [-0.25, -0.2) is 0 Å². The minimum atomic E-state index is 0.226. The molecule has 0 radical (unpaired) electrons. The van der Waals surface area contributed by atoms with Gasteiger partial charge in [-0.15, -0.1) is 0 Å². The van der Waals surface area contributed by atoms with Gasteiger partial charge in [-0.2, -0.15) is 5.10 Å². The zero-order valence-electron chi connectivity index (χ0n) is 12.1. The molecule has 2 aromatic rings. The van der Waals surface area contributed by atoms with E-state index in [1.165, 1.54) is 0 Å². The molecule has 4 nitrogen and oxygen atoms in total. The van der Waals surface area contributed by atoms with Crippen LogP contribution in [0.1, 0.15) is 31.9 Å². The summed E-state index contributed by atoms with van der Waals surface area (Å²) in [6.07, 6.45) is 4.74. The third-order valence-corrected chi connectivity index (χ3v) is 3.66. The molecule has 0 aliphatic rings. The molecule has 1 heterocycles. The van der Waals surface area contributed by atoms with Crippen LogP contribution in [-0.4, -0.2) is 16.8 Å². The monoisotopic (exact) mass is 337 g/mol. The van der Waals surface area contributed by atoms with Crippen molar-refractivity contribution < 1.29 is 4.74 Å². The SMILES string of the molecule is CCCn1cc(Oc2cc(Br)ccc2C(C)NC)cn1. The lowest BCUT2D eigenvalue weighted by Gasteiger charge is -2.16. The molecule has 0 spiro atoms. The highest BCUT2D eigenvalue weighted by atomic mass is 79.9. The van der Waals surface area contributed by atoms with Gasteiger partial charge in [0.05, 0.1) is 12.4 Å². The fourth-order valence-electron chi connectivity index (χ4n) is 1.99. The average molecular weight is 338 g/mol. The van der Waals surface area contributed by atoms with Gasteiger partial charge < -0.3 is 10.1 Å². The van der Waals surface area contributed by atoms with E-state index in [0.29, 0.717) is 0 Å². The van der Waals surface area contributed by atoms with Crippen LogP contribution in [0.4, 0.5) is 0 Å². The molecule has 0 fully saturated rings. The number of aromatic nitrogens is 2. The molecule has 0 amide bonds. The minimum Gasteiger partial charge on any atom is -0.454 e. The van der Waals surface area contributed by atoms with E-state index in [0.717, 1.165) is 34.5 Å². The molecule has 1 aromatic carbocycles. The third kappa shape index (κ3) is 3.61. The highest BCUT2D eigenvalue weighted by Crippen LogP contribution is 2.32. The normalized spacial score (nSPS) is 12.4. The van der Waals surface area contributed by atoms with Gasteiger partial charge in [0.15, 0.2) is 5.75 Å². The van der Waals surface area contributed by atoms with Gasteiger partial charge in [0.1, 0.15) is 5.75 Å². The molecule has 1 unspecified atom stereocenters. The standard InChI is InChI=1S/C15H20BrN3O/c1-4-7-19-10-13(9-18-19)20-15-8-12(16)5-6-14(15)11(2)17-3/h5-6,8-11,17H,4,7H2,1-3H3. The van der Waals surface area contributed by atoms with Crippen LogP contribution in [0.3, 0.4) is 0 Å². The zero-order valence-corrected chi connectivity index (χ0v) is 13.6. The van der Waals surface area contributed by atoms with Gasteiger partial charge in [0.25, 0.3) is 0 Å². The van der Waals surface area contributed by atoms with Gasteiger partial charge >= 0.3 is 0 Å². The molecule has 1 aromatic heterocycles. The first-order valence-electron chi connectivity index (χ1n) is 6.81. The maximum Gasteiger partial charge on any atom is 0.165 e. The van der Waals surface area contributed by atoms with Crippen molar-refractivity contribution in [1.82, 2.24) is 15.1 Å². The van der Waals surface area contributed by atoms with Crippen molar-refractivity contribution in [2.45, 2.75) is 32.9 Å². The molecule has 108 valence electrons. The Kier molecular flexibility index (Phi) is 5.20. The lowest BCUT2D eigenvalue weighted by molar-refractivity contribution is 0.464. The number of nitrogens with one attached hydrogen (secondary N) is 1. The fourth-order valence-corrected chi connectivity index (χ4v) is 2.33. The summed E-state index contributed by atoms with van der Waals surface area (Å²) in [5.74, 6) is 1.61. The van der Waals surface area contributed by atoms with Gasteiger partial charge in [-0.3, -0.25) is 4.68 Å². The van der Waals surface area contributed by atoms with E-state index in [9.17, 15) is 0 Å². The summed E-state index contributed by atoms with van der Waals surface area (Å²) in [4.78, 5) is 0. The molecule has 5 heteroatoms. The number of ether oxygens (including phenoxy) is 1. The van der Waals surface area contributed by atoms with Crippen molar-refractivity contribution in [3.63, 3.8) is 0 Å². The maximum atomic E-state index is 5.99. The molecule has 1 atom stereocenters. The molecule has 1 N–H and O–H groups in total. The van der Waals surface area contributed by atoms with Crippen molar-refractivity contribution in [3.8, 4) is 11.5 Å². The molecule has 2 rings (SSSR count). The first-order valence-corrected chi connectivity index (χ1v) is 7.60. The van der Waals surface area contributed by atoms with Crippen LogP contribution < -0.4 is 10.1 Å². The molecule has 0 aliphatic carbocycles. The van der Waals surface area contributed by atoms with Gasteiger partial charge in [-0.05, 0) is 32.5 Å². The Labute approximate surface area is 128 Å². The Balaban J connectivity index is 2.24. The molecule has 0 aliphatic heterocycles. The summed E-state index contributed by atoms with van der Waals surface area (Å²) in [7, 11) is 1.94. The Morgan fingerprint density at radius 1 is 1.45 bits per heavy atom. The quantitative estimate of drug-likeness (QED) is 0.861. The summed E-state index contributed by atoms with van der Waals surface area (Å²) >= 11 is 3.49. The number of hydrogen-bond donors (Lipinski definition) is 1. The van der Waals surface area contributed by atoms with Crippen molar-refractivity contribution in [3.05, 3.63) is 40.6 Å². The van der Waals surface area contributed by atoms with Crippen molar-refractivity contribution in [2.75, 3.05) is 7.05 Å². The second kappa shape index (κ2) is 6.90. The Morgan fingerprint density at radius 3 is 2.95 bits per heavy atom. The average Bonchev–Trinajstić information content (AvgIpc) is 2.86. The lowest BCUT2D eigenvalue weighted by atomic mass is 10.1. The number of halogens is 1. The van der Waals surface area contributed by atoms with Gasteiger partial charge in [-0.1, -0.05) is 28.9 Å². The van der Waals surface area contributed by atoms with E-state index in [-0.39, 0.29) is 6.04 Å². The van der Waals surface area contributed by atoms with Crippen molar-refractivity contribution in [2.24, 2.45) is 0 Å². The van der Waals surface area contributed by atoms with E-state index in [4.69, 9.17) is 4.74 Å². The smallest absolute Gasteiger partial charge is 0.165 e. The summed E-state index contributed by atoms with van der Waals surface area (Å²) in [5.41, 5.74) is 1.12. The number of hydrogen-bond acceptors (Lipinski definition) is 3. The molecule has 20 heavy (non-hydrogen) atoms. The number of nitrogens with zero attached hydrogens (tertiary/aromatic N) is 2. The lowest BCUT2D eigenvalue weighted by Crippen LogP contribution is -2.13. The molecular weight excluding hydrogens is 318 g/mol. The van der Waals surface area contributed by atoms with E-state index in [1.807, 2.05) is 30.1 Å². The van der Waals surface area contributed by atoms with Crippen LogP contribution in [0.25, 0.3) is 0 Å². The van der Waals surface area contributed by atoms with Gasteiger partial charge in [0.2, 0.25) is 0 Å². The predicted octanol–water partition coefficient (Wildman–Crippen LogP) is 4.13. The topological polar surface area (TPSA) is 39.1 Å². The van der Waals surface area contributed by atoms with Crippen LogP contribution >= 0.6 is 15.9 Å². The summed E-state index contributed by atoms with van der Waals surface area (Å²) in [6.45, 7) is 5.14. The minimum absolute atomic E-state index is 0.226. The molecule has 0 bridgehead atoms. The van der Waals surface area contributed by atoms with Crippen molar-refractivity contribution in [1.29, 1.82) is 0 Å². The molecule has 0 saturated heterocycles. The summed E-state index contributed by atoms with van der Waals surface area (Å²) < 4.78 is 8.88. The van der Waals surface area contributed by atoms with Crippen LogP contribution in [0.5, 0.6) is 11.5 Å². The highest BCUT2D eigenvalue weighted by Gasteiger charge is 2.12. The van der Waals surface area contributed by atoms with Gasteiger partial charge in [0, 0.05) is 22.6 Å². The van der Waals surface area contributed by atoms with E-state index >= 15 is 0 Å². The van der Waals surface area contributed by atoms with Crippen LogP contribution in [0.15, 0.2) is 35.1 Å². The van der Waals surface area contributed by atoms with Crippen LogP contribution in [0.2, 0.25) is 0 Å². The number of rotatable bonds is 6. The number of benzene rings is 1. The second-order valence-electron chi connectivity index (χ2n) is 4.73. The zero-order chi connectivity index (χ0) is 14.5.